The van der Waals surface area contributed by atoms with E-state index in [4.69, 9.17) is 0 Å². The van der Waals surface area contributed by atoms with Crippen molar-refractivity contribution in [1.82, 2.24) is 5.32 Å². The summed E-state index contributed by atoms with van der Waals surface area (Å²) >= 11 is 1.96. The zero-order valence-corrected chi connectivity index (χ0v) is 18.4. The van der Waals surface area contributed by atoms with Gasteiger partial charge >= 0.3 is 0 Å². The summed E-state index contributed by atoms with van der Waals surface area (Å²) in [7, 11) is 0. The van der Waals surface area contributed by atoms with Crippen LogP contribution in [0.15, 0.2) is 72.0 Å². The van der Waals surface area contributed by atoms with Crippen molar-refractivity contribution in [3.05, 3.63) is 72.0 Å². The van der Waals surface area contributed by atoms with Gasteiger partial charge in [-0.2, -0.15) is 11.8 Å². The summed E-state index contributed by atoms with van der Waals surface area (Å²) in [5, 5.41) is 3.39. The average Bonchev–Trinajstić information content (AvgIpc) is 2.56. The first-order valence-electron chi connectivity index (χ1n) is 9.62. The van der Waals surface area contributed by atoms with E-state index in [1.165, 1.54) is 23.1 Å². The molecule has 0 saturated carbocycles. The SMILES string of the molecule is C=C/C=C/C(=C)NC(C)CSC/C=C(\C)CC/C=C(\C)CCC=C(C)C. The second-order valence-electron chi connectivity index (χ2n) is 7.16. The number of allylic oxidation sites excluding steroid dienone is 8. The van der Waals surface area contributed by atoms with E-state index in [1.807, 2.05) is 23.9 Å². The molecule has 0 heterocycles. The quantitative estimate of drug-likeness (QED) is 0.194. The highest BCUT2D eigenvalue weighted by Crippen LogP contribution is 2.13. The first-order chi connectivity index (χ1) is 12.3. The lowest BCUT2D eigenvalue weighted by atomic mass is 10.1. The zero-order valence-electron chi connectivity index (χ0n) is 17.6. The number of rotatable bonds is 14. The molecule has 0 aromatic rings. The van der Waals surface area contributed by atoms with Gasteiger partial charge in [0.15, 0.2) is 0 Å². The molecule has 0 rings (SSSR count). The molecule has 0 aliphatic heterocycles. The third kappa shape index (κ3) is 16.1. The summed E-state index contributed by atoms with van der Waals surface area (Å²) in [6, 6.07) is 0.419. The minimum atomic E-state index is 0.419. The molecule has 0 aliphatic rings. The van der Waals surface area contributed by atoms with E-state index >= 15 is 0 Å². The van der Waals surface area contributed by atoms with Gasteiger partial charge in [0.05, 0.1) is 0 Å². The molecular formula is C24H39NS. The molecule has 1 N–H and O–H groups in total. The fourth-order valence-electron chi connectivity index (χ4n) is 2.38. The van der Waals surface area contributed by atoms with E-state index < -0.39 is 0 Å². The molecule has 0 amide bonds. The molecule has 2 heteroatoms. The van der Waals surface area contributed by atoms with Crippen LogP contribution in [-0.2, 0) is 0 Å². The highest BCUT2D eigenvalue weighted by atomic mass is 32.2. The summed E-state index contributed by atoms with van der Waals surface area (Å²) in [4.78, 5) is 0. The smallest absolute Gasteiger partial charge is 0.0323 e. The standard InChI is InChI=1S/C24H39NS/c1-8-9-16-23(6)25-24(7)19-26-18-17-22(5)15-11-14-21(4)13-10-12-20(2)3/h8-9,12,14,16-17,24-25H,1,6,10-11,13,15,18-19H2,2-5,7H3/b16-9+,21-14+,22-17+. The molecule has 0 radical (unpaired) electrons. The molecule has 1 nitrogen and oxygen atoms in total. The molecule has 0 fully saturated rings. The number of hydrogen-bond acceptors (Lipinski definition) is 2. The van der Waals surface area contributed by atoms with E-state index in [9.17, 15) is 0 Å². The minimum Gasteiger partial charge on any atom is -0.382 e. The van der Waals surface area contributed by atoms with Crippen LogP contribution in [0.4, 0.5) is 0 Å². The van der Waals surface area contributed by atoms with Gasteiger partial charge in [-0.25, -0.2) is 0 Å². The fraction of sp³-hybridized carbons (Fsp3) is 0.500. The van der Waals surface area contributed by atoms with Crippen molar-refractivity contribution in [3.8, 4) is 0 Å². The maximum atomic E-state index is 3.99. The van der Waals surface area contributed by atoms with Gasteiger partial charge in [-0.05, 0) is 66.4 Å². The van der Waals surface area contributed by atoms with Gasteiger partial charge in [0.1, 0.15) is 0 Å². The summed E-state index contributed by atoms with van der Waals surface area (Å²) < 4.78 is 0. The van der Waals surface area contributed by atoms with E-state index in [0.717, 1.165) is 36.5 Å². The van der Waals surface area contributed by atoms with Crippen molar-refractivity contribution in [2.45, 2.75) is 66.3 Å². The van der Waals surface area contributed by atoms with Crippen LogP contribution in [0, 0.1) is 0 Å². The number of hydrogen-bond donors (Lipinski definition) is 1. The lowest BCUT2D eigenvalue weighted by Crippen LogP contribution is -2.26. The molecule has 0 aromatic heterocycles. The van der Waals surface area contributed by atoms with E-state index in [-0.39, 0.29) is 0 Å². The van der Waals surface area contributed by atoms with Gasteiger partial charge in [0.25, 0.3) is 0 Å². The third-order valence-corrected chi connectivity index (χ3v) is 5.04. The van der Waals surface area contributed by atoms with Crippen LogP contribution in [0.3, 0.4) is 0 Å². The number of thioether (sulfide) groups is 1. The minimum absolute atomic E-state index is 0.419. The molecule has 0 bridgehead atoms. The maximum absolute atomic E-state index is 3.99. The number of nitrogens with one attached hydrogen (secondary N) is 1. The Hall–Kier alpha value is -1.41. The molecule has 0 aromatic carbocycles. The highest BCUT2D eigenvalue weighted by molar-refractivity contribution is 7.99. The molecule has 0 spiro atoms. The fourth-order valence-corrected chi connectivity index (χ4v) is 3.35. The Bertz CT molecular complexity index is 530. The summed E-state index contributed by atoms with van der Waals surface area (Å²) in [6.07, 6.45) is 17.4. The maximum Gasteiger partial charge on any atom is 0.0323 e. The first-order valence-corrected chi connectivity index (χ1v) is 10.8. The second-order valence-corrected chi connectivity index (χ2v) is 8.24. The van der Waals surface area contributed by atoms with Gasteiger partial charge < -0.3 is 5.32 Å². The highest BCUT2D eigenvalue weighted by Gasteiger charge is 2.00. The van der Waals surface area contributed by atoms with Crippen molar-refractivity contribution in [3.63, 3.8) is 0 Å². The van der Waals surface area contributed by atoms with Gasteiger partial charge in [0, 0.05) is 23.2 Å². The second kappa shape index (κ2) is 15.8. The van der Waals surface area contributed by atoms with Crippen LogP contribution < -0.4 is 5.32 Å². The van der Waals surface area contributed by atoms with E-state index in [1.54, 1.807) is 6.08 Å². The molecule has 0 saturated heterocycles. The molecule has 146 valence electrons. The summed E-state index contributed by atoms with van der Waals surface area (Å²) in [5.74, 6) is 2.16. The molecule has 1 atom stereocenters. The van der Waals surface area contributed by atoms with Gasteiger partial charge in [-0.15, -0.1) is 0 Å². The van der Waals surface area contributed by atoms with E-state index in [0.29, 0.717) is 6.04 Å². The molecule has 1 unspecified atom stereocenters. The van der Waals surface area contributed by atoms with Gasteiger partial charge in [-0.1, -0.05) is 60.3 Å². The lowest BCUT2D eigenvalue weighted by Gasteiger charge is -2.14. The Morgan fingerprint density at radius 1 is 1.00 bits per heavy atom. The first kappa shape index (κ1) is 24.6. The Labute approximate surface area is 167 Å². The predicted molar refractivity (Wildman–Crippen MR) is 124 cm³/mol. The van der Waals surface area contributed by atoms with Crippen molar-refractivity contribution in [2.24, 2.45) is 0 Å². The normalized spacial score (nSPS) is 13.6. The third-order valence-electron chi connectivity index (χ3n) is 3.91. The largest absolute Gasteiger partial charge is 0.382 e. The Balaban J connectivity index is 3.93. The van der Waals surface area contributed by atoms with Crippen molar-refractivity contribution < 1.29 is 0 Å². The van der Waals surface area contributed by atoms with Gasteiger partial charge in [-0.3, -0.25) is 0 Å². The van der Waals surface area contributed by atoms with Crippen LogP contribution in [0.5, 0.6) is 0 Å². The molecule has 0 aliphatic carbocycles. The topological polar surface area (TPSA) is 12.0 Å². The van der Waals surface area contributed by atoms with Crippen LogP contribution in [0.2, 0.25) is 0 Å². The van der Waals surface area contributed by atoms with Crippen LogP contribution in [0.1, 0.15) is 60.3 Å². The Kier molecular flexibility index (Phi) is 15.0. The lowest BCUT2D eigenvalue weighted by molar-refractivity contribution is 0.693. The van der Waals surface area contributed by atoms with Gasteiger partial charge in [0.2, 0.25) is 0 Å². The zero-order chi connectivity index (χ0) is 19.8. The van der Waals surface area contributed by atoms with E-state index in [2.05, 4.69) is 71.3 Å². The molecular weight excluding hydrogens is 334 g/mol. The van der Waals surface area contributed by atoms with Crippen LogP contribution >= 0.6 is 11.8 Å². The summed E-state index contributed by atoms with van der Waals surface area (Å²) in [5.41, 5.74) is 5.35. The van der Waals surface area contributed by atoms with Crippen LogP contribution in [-0.4, -0.2) is 17.5 Å². The Morgan fingerprint density at radius 3 is 2.23 bits per heavy atom. The monoisotopic (exact) mass is 373 g/mol. The van der Waals surface area contributed by atoms with Crippen molar-refractivity contribution >= 4 is 11.8 Å². The molecule has 26 heavy (non-hydrogen) atoms. The Morgan fingerprint density at radius 2 is 1.62 bits per heavy atom. The van der Waals surface area contributed by atoms with Crippen molar-refractivity contribution in [1.29, 1.82) is 0 Å². The van der Waals surface area contributed by atoms with Crippen LogP contribution in [0.25, 0.3) is 0 Å². The average molecular weight is 374 g/mol. The summed E-state index contributed by atoms with van der Waals surface area (Å²) in [6.45, 7) is 18.7. The van der Waals surface area contributed by atoms with Crippen molar-refractivity contribution in [2.75, 3.05) is 11.5 Å². The predicted octanol–water partition coefficient (Wildman–Crippen LogP) is 7.37.